The van der Waals surface area contributed by atoms with Gasteiger partial charge in [-0.1, -0.05) is 17.7 Å². The highest BCUT2D eigenvalue weighted by atomic mass is 35.5. The molecule has 1 aromatic heterocycles. The largest absolute Gasteiger partial charge is 0.393 e. The van der Waals surface area contributed by atoms with Gasteiger partial charge in [0.2, 0.25) is 0 Å². The Morgan fingerprint density at radius 1 is 1.00 bits per heavy atom. The van der Waals surface area contributed by atoms with Crippen LogP contribution in [0.3, 0.4) is 0 Å². The SMILES string of the molecule is OC1CCN(c2cccc(Nc3ccc(SNCCCc4c[nH]c5ccc(Cl)cc45)cc3)c2)CC1. The van der Waals surface area contributed by atoms with Crippen LogP contribution in [0.25, 0.3) is 10.9 Å². The van der Waals surface area contributed by atoms with E-state index >= 15 is 0 Å². The number of aromatic nitrogens is 1. The number of aliphatic hydroxyl groups excluding tert-OH is 1. The van der Waals surface area contributed by atoms with Gasteiger partial charge < -0.3 is 20.3 Å². The number of piperidine rings is 1. The zero-order valence-electron chi connectivity index (χ0n) is 19.6. The number of aryl methyl sites for hydroxylation is 1. The summed E-state index contributed by atoms with van der Waals surface area (Å²) in [4.78, 5) is 6.86. The van der Waals surface area contributed by atoms with Crippen molar-refractivity contribution in [2.45, 2.75) is 36.7 Å². The molecule has 1 fully saturated rings. The summed E-state index contributed by atoms with van der Waals surface area (Å²) in [7, 11) is 0. The minimum Gasteiger partial charge on any atom is -0.393 e. The van der Waals surface area contributed by atoms with Gasteiger partial charge in [-0.15, -0.1) is 0 Å². The van der Waals surface area contributed by atoms with Gasteiger partial charge >= 0.3 is 0 Å². The van der Waals surface area contributed by atoms with Gasteiger partial charge in [0.05, 0.1) is 6.10 Å². The van der Waals surface area contributed by atoms with Crippen molar-refractivity contribution < 1.29 is 5.11 Å². The van der Waals surface area contributed by atoms with E-state index in [0.717, 1.165) is 67.2 Å². The van der Waals surface area contributed by atoms with Crippen molar-refractivity contribution in [3.63, 3.8) is 0 Å². The van der Waals surface area contributed by atoms with Crippen molar-refractivity contribution in [2.75, 3.05) is 29.9 Å². The second-order valence-corrected chi connectivity index (χ2v) is 10.4. The summed E-state index contributed by atoms with van der Waals surface area (Å²) >= 11 is 7.82. The van der Waals surface area contributed by atoms with Crippen molar-refractivity contribution in [3.05, 3.63) is 83.5 Å². The summed E-state index contributed by atoms with van der Waals surface area (Å²) in [5.74, 6) is 0. The number of benzene rings is 3. The maximum Gasteiger partial charge on any atom is 0.0574 e. The molecule has 4 N–H and O–H groups in total. The third-order valence-corrected chi connectivity index (χ3v) is 7.55. The molecular weight excluding hydrogens is 476 g/mol. The Balaban J connectivity index is 1.08. The van der Waals surface area contributed by atoms with Crippen molar-refractivity contribution >= 4 is 51.5 Å². The lowest BCUT2D eigenvalue weighted by molar-refractivity contribution is 0.145. The van der Waals surface area contributed by atoms with E-state index in [9.17, 15) is 5.11 Å². The first-order chi connectivity index (χ1) is 17.1. The molecule has 0 unspecified atom stereocenters. The molecule has 1 saturated heterocycles. The van der Waals surface area contributed by atoms with E-state index in [1.165, 1.54) is 21.5 Å². The van der Waals surface area contributed by atoms with E-state index in [1.54, 1.807) is 11.9 Å². The highest BCUT2D eigenvalue weighted by Crippen LogP contribution is 2.27. The summed E-state index contributed by atoms with van der Waals surface area (Å²) in [6, 6.07) is 23.0. The predicted octanol–water partition coefficient (Wildman–Crippen LogP) is 6.76. The number of hydrogen-bond donors (Lipinski definition) is 4. The summed E-state index contributed by atoms with van der Waals surface area (Å²) in [6.45, 7) is 2.73. The van der Waals surface area contributed by atoms with Gasteiger partial charge in [-0.05, 0) is 104 Å². The average Bonchev–Trinajstić information content (AvgIpc) is 3.27. The standard InChI is InChI=1S/C28H31ClN4OS/c29-21-6-11-28-27(17-21)20(19-30-28)3-2-14-31-35-26-9-7-22(8-10-26)32-23-4-1-5-24(18-23)33-15-12-25(34)13-16-33/h1,4-11,17-19,25,30-32,34H,2-3,12-16H2. The molecule has 0 radical (unpaired) electrons. The molecular formula is C28H31ClN4OS. The van der Waals surface area contributed by atoms with Crippen molar-refractivity contribution in [2.24, 2.45) is 0 Å². The fourth-order valence-electron chi connectivity index (χ4n) is 4.52. The Morgan fingerprint density at radius 3 is 2.66 bits per heavy atom. The van der Waals surface area contributed by atoms with Crippen molar-refractivity contribution in [1.29, 1.82) is 0 Å². The molecule has 182 valence electrons. The number of anilines is 3. The fraction of sp³-hybridized carbons (Fsp3) is 0.286. The number of aliphatic hydroxyl groups is 1. The van der Waals surface area contributed by atoms with E-state index in [0.29, 0.717) is 0 Å². The van der Waals surface area contributed by atoms with Gasteiger partial charge in [0, 0.05) is 63.7 Å². The minimum atomic E-state index is -0.155. The van der Waals surface area contributed by atoms with E-state index in [4.69, 9.17) is 11.6 Å². The summed E-state index contributed by atoms with van der Waals surface area (Å²) in [6.07, 6.45) is 5.67. The topological polar surface area (TPSA) is 63.3 Å². The van der Waals surface area contributed by atoms with Gasteiger partial charge in [-0.3, -0.25) is 4.72 Å². The van der Waals surface area contributed by atoms with Gasteiger partial charge in [0.15, 0.2) is 0 Å². The monoisotopic (exact) mass is 506 g/mol. The lowest BCUT2D eigenvalue weighted by Crippen LogP contribution is -2.35. The number of nitrogens with zero attached hydrogens (tertiary/aromatic N) is 1. The fourth-order valence-corrected chi connectivity index (χ4v) is 5.38. The first-order valence-corrected chi connectivity index (χ1v) is 13.4. The normalized spacial score (nSPS) is 14.5. The molecule has 0 amide bonds. The Labute approximate surface area is 216 Å². The smallest absolute Gasteiger partial charge is 0.0574 e. The summed E-state index contributed by atoms with van der Waals surface area (Å²) in [5, 5.41) is 15.3. The second kappa shape index (κ2) is 11.4. The van der Waals surface area contributed by atoms with Gasteiger partial charge in [-0.25, -0.2) is 0 Å². The zero-order chi connectivity index (χ0) is 24.0. The zero-order valence-corrected chi connectivity index (χ0v) is 21.2. The first kappa shape index (κ1) is 24.1. The highest BCUT2D eigenvalue weighted by Gasteiger charge is 2.17. The maximum absolute atomic E-state index is 9.76. The number of hydrogen-bond acceptors (Lipinski definition) is 5. The molecule has 7 heteroatoms. The molecule has 1 aliphatic rings. The molecule has 35 heavy (non-hydrogen) atoms. The van der Waals surface area contributed by atoms with Gasteiger partial charge in [0.1, 0.15) is 0 Å². The number of nitrogens with one attached hydrogen (secondary N) is 3. The van der Waals surface area contributed by atoms with Gasteiger partial charge in [-0.2, -0.15) is 0 Å². The van der Waals surface area contributed by atoms with Crippen LogP contribution >= 0.6 is 23.5 Å². The Morgan fingerprint density at radius 2 is 1.83 bits per heavy atom. The minimum absolute atomic E-state index is 0.155. The van der Waals surface area contributed by atoms with Gasteiger partial charge in [0.25, 0.3) is 0 Å². The molecule has 3 aromatic carbocycles. The third-order valence-electron chi connectivity index (χ3n) is 6.46. The lowest BCUT2D eigenvalue weighted by atomic mass is 10.1. The molecule has 0 saturated carbocycles. The van der Waals surface area contributed by atoms with Crippen molar-refractivity contribution in [1.82, 2.24) is 9.71 Å². The Kier molecular flexibility index (Phi) is 7.84. The number of aromatic amines is 1. The molecule has 0 spiro atoms. The molecule has 5 rings (SSSR count). The molecule has 2 heterocycles. The third kappa shape index (κ3) is 6.33. The highest BCUT2D eigenvalue weighted by molar-refractivity contribution is 7.97. The number of fused-ring (bicyclic) bond motifs is 1. The first-order valence-electron chi connectivity index (χ1n) is 12.2. The van der Waals surface area contributed by atoms with Crippen LogP contribution in [-0.4, -0.2) is 35.8 Å². The van der Waals surface area contributed by atoms with Crippen LogP contribution in [0.4, 0.5) is 17.1 Å². The summed E-state index contributed by atoms with van der Waals surface area (Å²) in [5.41, 5.74) is 5.79. The van der Waals surface area contributed by atoms with Crippen LogP contribution in [0.1, 0.15) is 24.8 Å². The van der Waals surface area contributed by atoms with E-state index in [-0.39, 0.29) is 6.10 Å². The van der Waals surface area contributed by atoms with E-state index in [2.05, 4.69) is 74.7 Å². The summed E-state index contributed by atoms with van der Waals surface area (Å²) < 4.78 is 3.48. The molecule has 4 aromatic rings. The van der Waals surface area contributed by atoms with Crippen LogP contribution < -0.4 is 14.9 Å². The van der Waals surface area contributed by atoms with Crippen LogP contribution in [-0.2, 0) is 6.42 Å². The lowest BCUT2D eigenvalue weighted by Gasteiger charge is -2.31. The van der Waals surface area contributed by atoms with E-state index < -0.39 is 0 Å². The Bertz CT molecular complexity index is 1250. The average molecular weight is 507 g/mol. The number of halogens is 1. The quantitative estimate of drug-likeness (QED) is 0.149. The second-order valence-electron chi connectivity index (χ2n) is 9.02. The molecule has 1 aliphatic heterocycles. The Hall–Kier alpha value is -2.64. The van der Waals surface area contributed by atoms with E-state index in [1.807, 2.05) is 18.2 Å². The number of H-pyrrole nitrogens is 1. The molecule has 5 nitrogen and oxygen atoms in total. The molecule has 0 aliphatic carbocycles. The van der Waals surface area contributed by atoms with Crippen LogP contribution in [0.15, 0.2) is 77.8 Å². The molecule has 0 atom stereocenters. The predicted molar refractivity (Wildman–Crippen MR) is 149 cm³/mol. The maximum atomic E-state index is 9.76. The van der Waals surface area contributed by atoms with Crippen LogP contribution in [0.5, 0.6) is 0 Å². The molecule has 0 bridgehead atoms. The van der Waals surface area contributed by atoms with Crippen LogP contribution in [0, 0.1) is 0 Å². The van der Waals surface area contributed by atoms with Crippen LogP contribution in [0.2, 0.25) is 5.02 Å². The number of rotatable bonds is 9. The van der Waals surface area contributed by atoms with Crippen molar-refractivity contribution in [3.8, 4) is 0 Å².